The Hall–Kier alpha value is 0.220. The van der Waals surface area contributed by atoms with Crippen molar-refractivity contribution in [3.05, 3.63) is 35.9 Å². The molecule has 0 fully saturated rings. The topological polar surface area (TPSA) is 0 Å². The van der Waals surface area contributed by atoms with Gasteiger partial charge in [-0.2, -0.15) is 35.9 Å². The molecule has 1 heteroatoms. The number of hydrogen-bond acceptors (Lipinski definition) is 0. The van der Waals surface area contributed by atoms with E-state index in [0.717, 1.165) is 0 Å². The Balaban J connectivity index is 0.000000810. The minimum atomic E-state index is 0. The van der Waals surface area contributed by atoms with Gasteiger partial charge >= 0.3 is 29.6 Å². The zero-order valence-corrected chi connectivity index (χ0v) is 8.89. The predicted octanol–water partition coefficient (Wildman–Crippen LogP) is -0.386. The monoisotopic (exact) mass is 142 g/mol. The van der Waals surface area contributed by atoms with Gasteiger partial charge in [-0.3, -0.25) is 0 Å². The van der Waals surface area contributed by atoms with Crippen LogP contribution in [-0.4, -0.2) is 0 Å². The standard InChI is InChI=1S/C9H11.Na/c1-8(2)9-6-4-3-5-7-9;/h3-6,8H,1-2H3;/q-1;+1. The van der Waals surface area contributed by atoms with Crippen molar-refractivity contribution in [1.82, 2.24) is 0 Å². The Labute approximate surface area is 84.9 Å². The van der Waals surface area contributed by atoms with Crippen LogP contribution in [0.15, 0.2) is 24.3 Å². The van der Waals surface area contributed by atoms with Crippen LogP contribution in [0.3, 0.4) is 0 Å². The van der Waals surface area contributed by atoms with Crippen molar-refractivity contribution < 1.29 is 29.6 Å². The molecule has 0 N–H and O–H groups in total. The molecule has 0 saturated heterocycles. The van der Waals surface area contributed by atoms with Gasteiger partial charge in [0.1, 0.15) is 0 Å². The Morgan fingerprint density at radius 2 is 2.00 bits per heavy atom. The fraction of sp³-hybridized carbons (Fsp3) is 0.333. The smallest absolute Gasteiger partial charge is 0.180 e. The maximum atomic E-state index is 3.17. The average Bonchev–Trinajstić information content (AvgIpc) is 1.90. The van der Waals surface area contributed by atoms with E-state index < -0.39 is 0 Å². The second-order valence-corrected chi connectivity index (χ2v) is 2.47. The molecule has 0 aliphatic heterocycles. The van der Waals surface area contributed by atoms with E-state index in [0.29, 0.717) is 5.92 Å². The summed E-state index contributed by atoms with van der Waals surface area (Å²) in [5, 5.41) is 0. The third-order valence-corrected chi connectivity index (χ3v) is 1.36. The van der Waals surface area contributed by atoms with E-state index in [2.05, 4.69) is 26.0 Å². The molecule has 0 saturated carbocycles. The van der Waals surface area contributed by atoms with Gasteiger partial charge in [-0.15, -0.1) is 0 Å². The molecule has 0 aromatic heterocycles. The van der Waals surface area contributed by atoms with Gasteiger partial charge in [0.15, 0.2) is 0 Å². The number of rotatable bonds is 1. The SMILES string of the molecule is CC(C)c1[c-]cccc1.[Na+]. The summed E-state index contributed by atoms with van der Waals surface area (Å²) in [6.45, 7) is 4.34. The van der Waals surface area contributed by atoms with Gasteiger partial charge in [-0.05, 0) is 5.92 Å². The zero-order chi connectivity index (χ0) is 6.69. The molecule has 0 aliphatic carbocycles. The molecule has 0 spiro atoms. The molecule has 0 radical (unpaired) electrons. The van der Waals surface area contributed by atoms with E-state index in [1.807, 2.05) is 18.2 Å². The third-order valence-electron chi connectivity index (χ3n) is 1.36. The van der Waals surface area contributed by atoms with Gasteiger partial charge in [-0.25, -0.2) is 0 Å². The van der Waals surface area contributed by atoms with Gasteiger partial charge in [-0.1, -0.05) is 13.8 Å². The van der Waals surface area contributed by atoms with E-state index in [4.69, 9.17) is 0 Å². The Morgan fingerprint density at radius 3 is 2.30 bits per heavy atom. The summed E-state index contributed by atoms with van der Waals surface area (Å²) in [4.78, 5) is 0. The van der Waals surface area contributed by atoms with Gasteiger partial charge < -0.3 is 0 Å². The first kappa shape index (κ1) is 10.2. The zero-order valence-electron chi connectivity index (χ0n) is 6.89. The van der Waals surface area contributed by atoms with Crippen molar-refractivity contribution in [1.29, 1.82) is 0 Å². The molecule has 48 valence electrons. The molecule has 1 aromatic carbocycles. The normalized spacial score (nSPS) is 9.10. The summed E-state index contributed by atoms with van der Waals surface area (Å²) in [7, 11) is 0. The van der Waals surface area contributed by atoms with Crippen molar-refractivity contribution >= 4 is 0 Å². The van der Waals surface area contributed by atoms with Gasteiger partial charge in [0.2, 0.25) is 0 Å². The van der Waals surface area contributed by atoms with E-state index >= 15 is 0 Å². The molecule has 0 unspecified atom stereocenters. The molecule has 10 heavy (non-hydrogen) atoms. The van der Waals surface area contributed by atoms with E-state index in [-0.39, 0.29) is 29.6 Å². The maximum absolute atomic E-state index is 3.17. The van der Waals surface area contributed by atoms with E-state index in [1.165, 1.54) is 5.56 Å². The van der Waals surface area contributed by atoms with Gasteiger partial charge in [0, 0.05) is 0 Å². The van der Waals surface area contributed by atoms with Gasteiger partial charge in [0.25, 0.3) is 0 Å². The quantitative estimate of drug-likeness (QED) is 0.370. The first-order chi connectivity index (χ1) is 4.30. The largest absolute Gasteiger partial charge is 1.00 e. The summed E-state index contributed by atoms with van der Waals surface area (Å²) >= 11 is 0. The van der Waals surface area contributed by atoms with Crippen LogP contribution >= 0.6 is 0 Å². The number of benzene rings is 1. The molecular formula is C9H11Na. The first-order valence-electron chi connectivity index (χ1n) is 3.27. The fourth-order valence-corrected chi connectivity index (χ4v) is 0.766. The summed E-state index contributed by atoms with van der Waals surface area (Å²) < 4.78 is 0. The van der Waals surface area contributed by atoms with Crippen LogP contribution in [0.25, 0.3) is 0 Å². The fourth-order valence-electron chi connectivity index (χ4n) is 0.766. The minimum absolute atomic E-state index is 0. The molecular weight excluding hydrogens is 131 g/mol. The second kappa shape index (κ2) is 4.95. The van der Waals surface area contributed by atoms with Crippen molar-refractivity contribution in [3.8, 4) is 0 Å². The van der Waals surface area contributed by atoms with Crippen molar-refractivity contribution in [2.45, 2.75) is 19.8 Å². The molecule has 0 heterocycles. The van der Waals surface area contributed by atoms with Crippen LogP contribution in [-0.2, 0) is 0 Å². The van der Waals surface area contributed by atoms with Crippen LogP contribution in [0.4, 0.5) is 0 Å². The molecule has 1 rings (SSSR count). The van der Waals surface area contributed by atoms with Crippen LogP contribution in [0, 0.1) is 6.07 Å². The van der Waals surface area contributed by atoms with Crippen molar-refractivity contribution in [2.24, 2.45) is 0 Å². The van der Waals surface area contributed by atoms with Crippen LogP contribution < -0.4 is 29.6 Å². The molecule has 0 aliphatic rings. The van der Waals surface area contributed by atoms with Crippen LogP contribution in [0.2, 0.25) is 0 Å². The average molecular weight is 142 g/mol. The Bertz CT molecular complexity index is 167. The Morgan fingerprint density at radius 1 is 1.30 bits per heavy atom. The Kier molecular flexibility index (Phi) is 5.06. The summed E-state index contributed by atoms with van der Waals surface area (Å²) in [6, 6.07) is 11.3. The third kappa shape index (κ3) is 2.87. The molecule has 0 atom stereocenters. The minimum Gasteiger partial charge on any atom is -0.180 e. The first-order valence-corrected chi connectivity index (χ1v) is 3.27. The second-order valence-electron chi connectivity index (χ2n) is 2.47. The van der Waals surface area contributed by atoms with E-state index in [9.17, 15) is 0 Å². The summed E-state index contributed by atoms with van der Waals surface area (Å²) in [5.41, 5.74) is 1.29. The summed E-state index contributed by atoms with van der Waals surface area (Å²) in [6.07, 6.45) is 0. The maximum Gasteiger partial charge on any atom is 1.00 e. The molecule has 0 bridgehead atoms. The number of hydrogen-bond donors (Lipinski definition) is 0. The summed E-state index contributed by atoms with van der Waals surface area (Å²) in [5.74, 6) is 0.603. The van der Waals surface area contributed by atoms with Crippen molar-refractivity contribution in [3.63, 3.8) is 0 Å². The molecule has 1 aromatic rings. The van der Waals surface area contributed by atoms with E-state index in [1.54, 1.807) is 0 Å². The van der Waals surface area contributed by atoms with Crippen LogP contribution in [0.1, 0.15) is 25.3 Å². The van der Waals surface area contributed by atoms with Crippen molar-refractivity contribution in [2.75, 3.05) is 0 Å². The molecule has 0 amide bonds. The van der Waals surface area contributed by atoms with Crippen LogP contribution in [0.5, 0.6) is 0 Å². The van der Waals surface area contributed by atoms with Gasteiger partial charge in [0.05, 0.1) is 0 Å². The molecule has 0 nitrogen and oxygen atoms in total. The predicted molar refractivity (Wildman–Crippen MR) is 39.4 cm³/mol.